The van der Waals surface area contributed by atoms with E-state index in [1.165, 1.54) is 0 Å². The maximum atomic E-state index is 11.7. The third kappa shape index (κ3) is 4.10. The van der Waals surface area contributed by atoms with Crippen LogP contribution in [0.4, 0.5) is 0 Å². The van der Waals surface area contributed by atoms with Gasteiger partial charge in [-0.05, 0) is 24.2 Å². The topological polar surface area (TPSA) is 61.6 Å². The third-order valence-corrected chi connectivity index (χ3v) is 2.99. The van der Waals surface area contributed by atoms with Crippen LogP contribution in [0.3, 0.4) is 0 Å². The minimum Gasteiger partial charge on any atom is -0.464 e. The van der Waals surface area contributed by atoms with Crippen molar-refractivity contribution < 1.29 is 14.3 Å². The van der Waals surface area contributed by atoms with Crippen molar-refractivity contribution in [1.82, 2.24) is 0 Å². The second kappa shape index (κ2) is 5.64. The van der Waals surface area contributed by atoms with E-state index in [9.17, 15) is 4.79 Å². The number of ether oxygens (including phenoxy) is 2. The van der Waals surface area contributed by atoms with Crippen LogP contribution in [0, 0.1) is 11.3 Å². The summed E-state index contributed by atoms with van der Waals surface area (Å²) in [6.45, 7) is 7.83. The average molecular weight is 229 g/mol. The van der Waals surface area contributed by atoms with Gasteiger partial charge in [0.2, 0.25) is 0 Å². The fraction of sp³-hybridized carbons (Fsp3) is 0.917. The molecule has 0 aliphatic carbocycles. The van der Waals surface area contributed by atoms with Gasteiger partial charge < -0.3 is 15.2 Å². The number of esters is 1. The summed E-state index contributed by atoms with van der Waals surface area (Å²) >= 11 is 0. The van der Waals surface area contributed by atoms with E-state index in [1.54, 1.807) is 0 Å². The predicted molar refractivity (Wildman–Crippen MR) is 61.9 cm³/mol. The molecule has 0 bridgehead atoms. The second-order valence-electron chi connectivity index (χ2n) is 5.53. The molecule has 0 radical (unpaired) electrons. The standard InChI is InChI=1S/C12H23NO3/c1-12(2,3)10(13)11(14)16-8-9-4-6-15-7-5-9/h9-10H,4-8,13H2,1-3H3. The fourth-order valence-electron chi connectivity index (χ4n) is 1.56. The van der Waals surface area contributed by atoms with Gasteiger partial charge in [-0.1, -0.05) is 20.8 Å². The van der Waals surface area contributed by atoms with Crippen LogP contribution in [0.2, 0.25) is 0 Å². The highest BCUT2D eigenvalue weighted by atomic mass is 16.5. The molecule has 1 aliphatic rings. The van der Waals surface area contributed by atoms with Crippen molar-refractivity contribution in [1.29, 1.82) is 0 Å². The van der Waals surface area contributed by atoms with Crippen molar-refractivity contribution in [2.45, 2.75) is 39.7 Å². The summed E-state index contributed by atoms with van der Waals surface area (Å²) < 4.78 is 10.5. The molecule has 4 nitrogen and oxygen atoms in total. The van der Waals surface area contributed by atoms with E-state index in [1.807, 2.05) is 20.8 Å². The highest BCUT2D eigenvalue weighted by Gasteiger charge is 2.29. The molecule has 16 heavy (non-hydrogen) atoms. The van der Waals surface area contributed by atoms with Gasteiger partial charge in [0, 0.05) is 13.2 Å². The summed E-state index contributed by atoms with van der Waals surface area (Å²) in [7, 11) is 0. The number of carbonyl (C=O) groups is 1. The Morgan fingerprint density at radius 2 is 2.00 bits per heavy atom. The van der Waals surface area contributed by atoms with Crippen LogP contribution < -0.4 is 5.73 Å². The Morgan fingerprint density at radius 3 is 2.50 bits per heavy atom. The van der Waals surface area contributed by atoms with Crippen LogP contribution in [0.5, 0.6) is 0 Å². The van der Waals surface area contributed by atoms with E-state index in [0.29, 0.717) is 12.5 Å². The summed E-state index contributed by atoms with van der Waals surface area (Å²) in [5.41, 5.74) is 5.57. The highest BCUT2D eigenvalue weighted by Crippen LogP contribution is 2.20. The summed E-state index contributed by atoms with van der Waals surface area (Å²) in [4.78, 5) is 11.7. The van der Waals surface area contributed by atoms with Crippen molar-refractivity contribution in [2.75, 3.05) is 19.8 Å². The number of hydrogen-bond donors (Lipinski definition) is 1. The minimum atomic E-state index is -0.549. The smallest absolute Gasteiger partial charge is 0.323 e. The van der Waals surface area contributed by atoms with E-state index in [-0.39, 0.29) is 11.4 Å². The molecule has 0 aromatic carbocycles. The van der Waals surface area contributed by atoms with Crippen molar-refractivity contribution in [3.05, 3.63) is 0 Å². The first-order chi connectivity index (χ1) is 7.41. The van der Waals surface area contributed by atoms with Crippen molar-refractivity contribution in [3.8, 4) is 0 Å². The Bertz CT molecular complexity index is 229. The van der Waals surface area contributed by atoms with Gasteiger partial charge in [-0.3, -0.25) is 4.79 Å². The maximum Gasteiger partial charge on any atom is 0.323 e. The van der Waals surface area contributed by atoms with Crippen LogP contribution in [0.1, 0.15) is 33.6 Å². The van der Waals surface area contributed by atoms with E-state index >= 15 is 0 Å². The molecule has 1 aliphatic heterocycles. The largest absolute Gasteiger partial charge is 0.464 e. The Labute approximate surface area is 97.5 Å². The number of rotatable bonds is 3. The van der Waals surface area contributed by atoms with Gasteiger partial charge >= 0.3 is 5.97 Å². The molecule has 1 rings (SSSR count). The van der Waals surface area contributed by atoms with Crippen LogP contribution in [0.15, 0.2) is 0 Å². The molecule has 2 N–H and O–H groups in total. The first-order valence-corrected chi connectivity index (χ1v) is 5.91. The molecule has 1 atom stereocenters. The van der Waals surface area contributed by atoms with E-state index < -0.39 is 6.04 Å². The van der Waals surface area contributed by atoms with Gasteiger partial charge in [0.25, 0.3) is 0 Å². The number of carbonyl (C=O) groups excluding carboxylic acids is 1. The van der Waals surface area contributed by atoms with Crippen LogP contribution in [-0.4, -0.2) is 31.8 Å². The second-order valence-corrected chi connectivity index (χ2v) is 5.53. The molecule has 1 unspecified atom stereocenters. The number of hydrogen-bond acceptors (Lipinski definition) is 4. The van der Waals surface area contributed by atoms with Gasteiger partial charge in [-0.2, -0.15) is 0 Å². The summed E-state index contributed by atoms with van der Waals surface area (Å²) in [5.74, 6) is 0.142. The lowest BCUT2D eigenvalue weighted by Gasteiger charge is -2.27. The summed E-state index contributed by atoms with van der Waals surface area (Å²) in [6, 6.07) is -0.549. The molecule has 4 heteroatoms. The molecule has 1 heterocycles. The van der Waals surface area contributed by atoms with Gasteiger partial charge in [0.1, 0.15) is 6.04 Å². The molecule has 0 aromatic heterocycles. The Kier molecular flexibility index (Phi) is 4.74. The van der Waals surface area contributed by atoms with Crippen LogP contribution in [-0.2, 0) is 14.3 Å². The Balaban J connectivity index is 2.29. The first kappa shape index (κ1) is 13.5. The fourth-order valence-corrected chi connectivity index (χ4v) is 1.56. The lowest BCUT2D eigenvalue weighted by Crippen LogP contribution is -2.43. The predicted octanol–water partition coefficient (Wildman–Crippen LogP) is 1.33. The highest BCUT2D eigenvalue weighted by molar-refractivity contribution is 5.76. The van der Waals surface area contributed by atoms with Gasteiger partial charge in [-0.15, -0.1) is 0 Å². The van der Waals surface area contributed by atoms with Crippen LogP contribution >= 0.6 is 0 Å². The minimum absolute atomic E-state index is 0.243. The molecule has 0 spiro atoms. The Hall–Kier alpha value is -0.610. The summed E-state index contributed by atoms with van der Waals surface area (Å²) in [5, 5.41) is 0. The third-order valence-electron chi connectivity index (χ3n) is 2.99. The maximum absolute atomic E-state index is 11.7. The van der Waals surface area contributed by atoms with E-state index in [4.69, 9.17) is 15.2 Å². The monoisotopic (exact) mass is 229 g/mol. The van der Waals surface area contributed by atoms with Gasteiger partial charge in [-0.25, -0.2) is 0 Å². The molecule has 1 fully saturated rings. The molecule has 0 amide bonds. The molecular weight excluding hydrogens is 206 g/mol. The SMILES string of the molecule is CC(C)(C)C(N)C(=O)OCC1CCOCC1. The van der Waals surface area contributed by atoms with E-state index in [0.717, 1.165) is 26.1 Å². The molecule has 94 valence electrons. The van der Waals surface area contributed by atoms with Crippen molar-refractivity contribution in [3.63, 3.8) is 0 Å². The average Bonchev–Trinajstić information content (AvgIpc) is 2.25. The van der Waals surface area contributed by atoms with Crippen molar-refractivity contribution in [2.24, 2.45) is 17.1 Å². The summed E-state index contributed by atoms with van der Waals surface area (Å²) in [6.07, 6.45) is 1.94. The first-order valence-electron chi connectivity index (χ1n) is 5.91. The normalized spacial score (nSPS) is 20.5. The zero-order valence-electron chi connectivity index (χ0n) is 10.5. The molecule has 1 saturated heterocycles. The Morgan fingerprint density at radius 1 is 1.44 bits per heavy atom. The molecule has 0 aromatic rings. The molecular formula is C12H23NO3. The van der Waals surface area contributed by atoms with Crippen molar-refractivity contribution >= 4 is 5.97 Å². The lowest BCUT2D eigenvalue weighted by atomic mass is 9.87. The number of nitrogens with two attached hydrogens (primary N) is 1. The zero-order valence-corrected chi connectivity index (χ0v) is 10.5. The lowest BCUT2D eigenvalue weighted by molar-refractivity contribution is -0.150. The van der Waals surface area contributed by atoms with E-state index in [2.05, 4.69) is 0 Å². The quantitative estimate of drug-likeness (QED) is 0.742. The van der Waals surface area contributed by atoms with Crippen LogP contribution in [0.25, 0.3) is 0 Å². The molecule has 0 saturated carbocycles. The van der Waals surface area contributed by atoms with Gasteiger partial charge in [0.05, 0.1) is 6.61 Å². The van der Waals surface area contributed by atoms with Gasteiger partial charge in [0.15, 0.2) is 0 Å². The zero-order chi connectivity index (χ0) is 12.2.